The van der Waals surface area contributed by atoms with Crippen LogP contribution in [0.25, 0.3) is 10.9 Å². The van der Waals surface area contributed by atoms with Crippen LogP contribution < -0.4 is 10.6 Å². The van der Waals surface area contributed by atoms with Gasteiger partial charge in [0.2, 0.25) is 5.95 Å². The summed E-state index contributed by atoms with van der Waals surface area (Å²) >= 11 is 0. The molecule has 2 N–H and O–H groups in total. The van der Waals surface area contributed by atoms with Crippen molar-refractivity contribution in [2.24, 2.45) is 5.92 Å². The summed E-state index contributed by atoms with van der Waals surface area (Å²) < 4.78 is 23.6. The van der Waals surface area contributed by atoms with Crippen molar-refractivity contribution < 1.29 is 8.42 Å². The van der Waals surface area contributed by atoms with E-state index in [2.05, 4.69) is 20.6 Å². The van der Waals surface area contributed by atoms with Crippen LogP contribution in [0, 0.1) is 5.92 Å². The molecule has 1 aromatic heterocycles. The van der Waals surface area contributed by atoms with E-state index < -0.39 is 9.84 Å². The number of halogens is 1. The van der Waals surface area contributed by atoms with E-state index in [1.54, 1.807) is 6.92 Å². The number of hydrogen-bond acceptors (Lipinski definition) is 6. The predicted molar refractivity (Wildman–Crippen MR) is 121 cm³/mol. The standard InChI is InChI=1S/C21H24N4O2S.ClH/c1-2-28(26,27)14-16-9-11-17(12-10-16)23-21-24-19-6-4-3-5-18(19)20(25-21)22-13-15-7-8-15;/h3-6,9-12,15H,2,7-8,13-14H2,1H3,(H2,22,23,24,25);1H. The second kappa shape index (κ2) is 8.97. The molecule has 154 valence electrons. The number of fused-ring (bicyclic) bond motifs is 1. The minimum absolute atomic E-state index is 0. The summed E-state index contributed by atoms with van der Waals surface area (Å²) in [6, 6.07) is 15.3. The first-order chi connectivity index (χ1) is 13.5. The molecule has 1 fully saturated rings. The molecule has 0 aliphatic heterocycles. The summed E-state index contributed by atoms with van der Waals surface area (Å²) in [5.41, 5.74) is 2.48. The van der Waals surface area contributed by atoms with Gasteiger partial charge < -0.3 is 10.6 Å². The summed E-state index contributed by atoms with van der Waals surface area (Å²) in [5.74, 6) is 2.31. The molecule has 8 heteroatoms. The van der Waals surface area contributed by atoms with Gasteiger partial charge in [-0.3, -0.25) is 0 Å². The lowest BCUT2D eigenvalue weighted by molar-refractivity contribution is 0.596. The molecule has 0 radical (unpaired) electrons. The topological polar surface area (TPSA) is 84.0 Å². The summed E-state index contributed by atoms with van der Waals surface area (Å²) in [7, 11) is -3.04. The lowest BCUT2D eigenvalue weighted by Crippen LogP contribution is -2.08. The molecule has 4 rings (SSSR count). The summed E-state index contributed by atoms with van der Waals surface area (Å²) in [6.45, 7) is 2.60. The largest absolute Gasteiger partial charge is 0.369 e. The van der Waals surface area contributed by atoms with E-state index in [0.717, 1.165) is 40.4 Å². The summed E-state index contributed by atoms with van der Waals surface area (Å²) in [6.07, 6.45) is 2.56. The van der Waals surface area contributed by atoms with Gasteiger partial charge in [-0.15, -0.1) is 12.4 Å². The first kappa shape index (κ1) is 21.3. The average molecular weight is 433 g/mol. The average Bonchev–Trinajstić information content (AvgIpc) is 3.52. The minimum atomic E-state index is -3.04. The molecule has 0 saturated heterocycles. The number of sulfone groups is 1. The maximum absolute atomic E-state index is 11.8. The van der Waals surface area contributed by atoms with Gasteiger partial charge in [0.05, 0.1) is 11.3 Å². The highest BCUT2D eigenvalue weighted by Gasteiger charge is 2.21. The molecule has 1 saturated carbocycles. The zero-order chi connectivity index (χ0) is 19.6. The summed E-state index contributed by atoms with van der Waals surface area (Å²) in [5, 5.41) is 7.70. The quantitative estimate of drug-likeness (QED) is 0.543. The molecule has 29 heavy (non-hydrogen) atoms. The fourth-order valence-corrected chi connectivity index (χ4v) is 3.90. The first-order valence-electron chi connectivity index (χ1n) is 9.59. The Hall–Kier alpha value is -2.38. The summed E-state index contributed by atoms with van der Waals surface area (Å²) in [4.78, 5) is 9.27. The third kappa shape index (κ3) is 5.58. The molecule has 0 amide bonds. The number of anilines is 3. The van der Waals surface area contributed by atoms with Crippen LogP contribution >= 0.6 is 12.4 Å². The Morgan fingerprint density at radius 1 is 1.03 bits per heavy atom. The molecule has 0 unspecified atom stereocenters. The molecule has 2 aromatic carbocycles. The van der Waals surface area contributed by atoms with Crippen LogP contribution in [0.1, 0.15) is 25.3 Å². The number of benzene rings is 2. The van der Waals surface area contributed by atoms with Gasteiger partial charge in [0.25, 0.3) is 0 Å². The van der Waals surface area contributed by atoms with Crippen molar-refractivity contribution in [1.82, 2.24) is 9.97 Å². The molecule has 1 aliphatic carbocycles. The van der Waals surface area contributed by atoms with E-state index in [1.807, 2.05) is 48.5 Å². The van der Waals surface area contributed by atoms with Gasteiger partial charge in [-0.05, 0) is 48.6 Å². The Balaban J connectivity index is 0.00000240. The van der Waals surface area contributed by atoms with Crippen LogP contribution in [0.5, 0.6) is 0 Å². The zero-order valence-electron chi connectivity index (χ0n) is 16.3. The van der Waals surface area contributed by atoms with E-state index in [4.69, 9.17) is 0 Å². The van der Waals surface area contributed by atoms with Crippen molar-refractivity contribution in [3.8, 4) is 0 Å². The van der Waals surface area contributed by atoms with Crippen LogP contribution in [0.3, 0.4) is 0 Å². The highest BCUT2D eigenvalue weighted by atomic mass is 35.5. The van der Waals surface area contributed by atoms with Crippen molar-refractivity contribution in [2.75, 3.05) is 22.9 Å². The molecule has 0 bridgehead atoms. The van der Waals surface area contributed by atoms with Crippen LogP contribution in [0.2, 0.25) is 0 Å². The van der Waals surface area contributed by atoms with Gasteiger partial charge in [0.1, 0.15) is 5.82 Å². The third-order valence-electron chi connectivity index (χ3n) is 4.89. The first-order valence-corrected chi connectivity index (χ1v) is 11.4. The molecule has 3 aromatic rings. The van der Waals surface area contributed by atoms with E-state index >= 15 is 0 Å². The van der Waals surface area contributed by atoms with Gasteiger partial charge in [-0.1, -0.05) is 31.2 Å². The molecule has 1 aliphatic rings. The van der Waals surface area contributed by atoms with Crippen LogP contribution in [-0.2, 0) is 15.6 Å². The van der Waals surface area contributed by atoms with Crippen molar-refractivity contribution in [2.45, 2.75) is 25.5 Å². The van der Waals surface area contributed by atoms with Crippen LogP contribution in [0.4, 0.5) is 17.5 Å². The predicted octanol–water partition coefficient (Wildman–Crippen LogP) is 4.55. The highest BCUT2D eigenvalue weighted by molar-refractivity contribution is 7.90. The number of hydrogen-bond donors (Lipinski definition) is 2. The molecule has 6 nitrogen and oxygen atoms in total. The van der Waals surface area contributed by atoms with Crippen molar-refractivity contribution in [3.05, 3.63) is 54.1 Å². The van der Waals surface area contributed by atoms with Gasteiger partial charge in [0, 0.05) is 23.4 Å². The number of rotatable bonds is 8. The SMILES string of the molecule is CCS(=O)(=O)Cc1ccc(Nc2nc(NCC3CC3)c3ccccc3n2)cc1.Cl. The van der Waals surface area contributed by atoms with Crippen molar-refractivity contribution in [3.63, 3.8) is 0 Å². The fraction of sp³-hybridized carbons (Fsp3) is 0.333. The number of aromatic nitrogens is 2. The van der Waals surface area contributed by atoms with Crippen molar-refractivity contribution in [1.29, 1.82) is 0 Å². The van der Waals surface area contributed by atoms with E-state index in [9.17, 15) is 8.42 Å². The normalized spacial score (nSPS) is 13.7. The van der Waals surface area contributed by atoms with E-state index in [0.29, 0.717) is 5.95 Å². The highest BCUT2D eigenvalue weighted by Crippen LogP contribution is 2.30. The Labute approximate surface area is 177 Å². The molecule has 0 spiro atoms. The monoisotopic (exact) mass is 432 g/mol. The van der Waals surface area contributed by atoms with Crippen molar-refractivity contribution >= 4 is 50.6 Å². The minimum Gasteiger partial charge on any atom is -0.369 e. The Bertz CT molecular complexity index is 1080. The fourth-order valence-electron chi connectivity index (χ4n) is 3.00. The Morgan fingerprint density at radius 2 is 1.76 bits per heavy atom. The molecule has 1 heterocycles. The van der Waals surface area contributed by atoms with Crippen LogP contribution in [-0.4, -0.2) is 30.7 Å². The molecular formula is C21H25ClN4O2S. The lowest BCUT2D eigenvalue weighted by Gasteiger charge is -2.12. The molecular weight excluding hydrogens is 408 g/mol. The number of nitrogens with one attached hydrogen (secondary N) is 2. The maximum Gasteiger partial charge on any atom is 0.229 e. The second-order valence-electron chi connectivity index (χ2n) is 7.24. The third-order valence-corrected chi connectivity index (χ3v) is 6.55. The Morgan fingerprint density at radius 3 is 2.45 bits per heavy atom. The van der Waals surface area contributed by atoms with E-state index in [1.165, 1.54) is 12.8 Å². The van der Waals surface area contributed by atoms with Gasteiger partial charge in [0.15, 0.2) is 9.84 Å². The Kier molecular flexibility index (Phi) is 6.59. The number of para-hydroxylation sites is 1. The van der Waals surface area contributed by atoms with Gasteiger partial charge >= 0.3 is 0 Å². The maximum atomic E-state index is 11.8. The van der Waals surface area contributed by atoms with Gasteiger partial charge in [-0.2, -0.15) is 4.98 Å². The lowest BCUT2D eigenvalue weighted by atomic mass is 10.2. The smallest absolute Gasteiger partial charge is 0.229 e. The van der Waals surface area contributed by atoms with Gasteiger partial charge in [-0.25, -0.2) is 13.4 Å². The number of nitrogens with zero attached hydrogens (tertiary/aromatic N) is 2. The van der Waals surface area contributed by atoms with Crippen LogP contribution in [0.15, 0.2) is 48.5 Å². The second-order valence-corrected chi connectivity index (χ2v) is 9.59. The zero-order valence-corrected chi connectivity index (χ0v) is 17.9. The van der Waals surface area contributed by atoms with E-state index in [-0.39, 0.29) is 23.9 Å². The molecule has 0 atom stereocenters.